The first-order chi connectivity index (χ1) is 9.86. The van der Waals surface area contributed by atoms with Crippen molar-refractivity contribution in [2.24, 2.45) is 0 Å². The fourth-order valence-electron chi connectivity index (χ4n) is 2.09. The molecule has 1 aromatic heterocycles. The van der Waals surface area contributed by atoms with E-state index in [9.17, 15) is 0 Å². The maximum Gasteiger partial charge on any atom is 0.125 e. The van der Waals surface area contributed by atoms with Crippen molar-refractivity contribution < 1.29 is 0 Å². The summed E-state index contributed by atoms with van der Waals surface area (Å²) < 4.78 is 0. The number of anilines is 1. The molecule has 0 spiro atoms. The summed E-state index contributed by atoms with van der Waals surface area (Å²) in [6.45, 7) is 5.15. The summed E-state index contributed by atoms with van der Waals surface area (Å²) in [5.74, 6) is 0.959. The minimum atomic E-state index is 0.959. The quantitative estimate of drug-likeness (QED) is 0.721. The Kier molecular flexibility index (Phi) is 6.06. The first-order valence-electron chi connectivity index (χ1n) is 7.26. The van der Waals surface area contributed by atoms with Crippen LogP contribution in [0.4, 0.5) is 5.82 Å². The monoisotopic (exact) mass is 269 g/mol. The Labute approximate surface area is 121 Å². The zero-order valence-corrected chi connectivity index (χ0v) is 12.1. The van der Waals surface area contributed by atoms with Crippen molar-refractivity contribution in [2.45, 2.75) is 26.3 Å². The zero-order chi connectivity index (χ0) is 14.0. The van der Waals surface area contributed by atoms with Crippen molar-refractivity contribution in [3.63, 3.8) is 0 Å². The summed E-state index contributed by atoms with van der Waals surface area (Å²) in [5, 5.41) is 6.82. The van der Waals surface area contributed by atoms with Crippen LogP contribution in [0, 0.1) is 6.92 Å². The van der Waals surface area contributed by atoms with Gasteiger partial charge in [0, 0.05) is 19.3 Å². The van der Waals surface area contributed by atoms with Crippen molar-refractivity contribution >= 4 is 5.82 Å². The van der Waals surface area contributed by atoms with Crippen LogP contribution in [0.3, 0.4) is 0 Å². The average Bonchev–Trinajstić information content (AvgIpc) is 2.49. The van der Waals surface area contributed by atoms with Crippen LogP contribution in [0.5, 0.6) is 0 Å². The Hall–Kier alpha value is -1.87. The Morgan fingerprint density at radius 2 is 1.75 bits per heavy atom. The number of unbranched alkanes of at least 4 members (excludes halogenated alkanes) is 1. The topological polar surface area (TPSA) is 37.0 Å². The summed E-state index contributed by atoms with van der Waals surface area (Å²) in [6.07, 6.45) is 4.13. The van der Waals surface area contributed by atoms with E-state index in [0.717, 1.165) is 31.9 Å². The molecule has 2 rings (SSSR count). The van der Waals surface area contributed by atoms with E-state index in [1.165, 1.54) is 17.5 Å². The predicted molar refractivity (Wildman–Crippen MR) is 84.8 cm³/mol. The van der Waals surface area contributed by atoms with Crippen LogP contribution in [0.15, 0.2) is 48.7 Å². The molecule has 0 unspecified atom stereocenters. The zero-order valence-electron chi connectivity index (χ0n) is 12.1. The molecule has 2 aromatic rings. The van der Waals surface area contributed by atoms with Gasteiger partial charge in [-0.3, -0.25) is 0 Å². The highest BCUT2D eigenvalue weighted by Gasteiger charge is 1.96. The van der Waals surface area contributed by atoms with Gasteiger partial charge in [-0.1, -0.05) is 30.3 Å². The van der Waals surface area contributed by atoms with E-state index in [2.05, 4.69) is 46.8 Å². The lowest BCUT2D eigenvalue weighted by Crippen LogP contribution is -2.16. The van der Waals surface area contributed by atoms with Crippen molar-refractivity contribution in [3.05, 3.63) is 59.8 Å². The first kappa shape index (κ1) is 14.5. The van der Waals surface area contributed by atoms with Crippen LogP contribution in [0.25, 0.3) is 0 Å². The van der Waals surface area contributed by atoms with E-state index >= 15 is 0 Å². The van der Waals surface area contributed by atoms with E-state index in [1.54, 1.807) is 0 Å². The van der Waals surface area contributed by atoms with E-state index in [1.807, 2.05) is 24.4 Å². The van der Waals surface area contributed by atoms with E-state index < -0.39 is 0 Å². The lowest BCUT2D eigenvalue weighted by Gasteiger charge is -2.08. The minimum Gasteiger partial charge on any atom is -0.370 e. The summed E-state index contributed by atoms with van der Waals surface area (Å²) in [4.78, 5) is 4.24. The standard InChI is InChI=1S/C17H23N3/c1-15-8-2-3-9-16(15)14-18-11-6-7-13-20-17-10-4-5-12-19-17/h2-5,8-10,12,18H,6-7,11,13-14H2,1H3,(H,19,20). The van der Waals surface area contributed by atoms with Crippen LogP contribution in [0.1, 0.15) is 24.0 Å². The Bertz CT molecular complexity index is 497. The Morgan fingerprint density at radius 1 is 0.950 bits per heavy atom. The van der Waals surface area contributed by atoms with Crippen LogP contribution in [0.2, 0.25) is 0 Å². The molecule has 1 aromatic carbocycles. The van der Waals surface area contributed by atoms with Gasteiger partial charge in [-0.25, -0.2) is 4.98 Å². The van der Waals surface area contributed by atoms with E-state index in [0.29, 0.717) is 0 Å². The molecular formula is C17H23N3. The lowest BCUT2D eigenvalue weighted by molar-refractivity contribution is 0.631. The van der Waals surface area contributed by atoms with Gasteiger partial charge in [0.25, 0.3) is 0 Å². The van der Waals surface area contributed by atoms with Gasteiger partial charge in [0.1, 0.15) is 5.82 Å². The van der Waals surface area contributed by atoms with Crippen molar-refractivity contribution in [1.29, 1.82) is 0 Å². The number of benzene rings is 1. The highest BCUT2D eigenvalue weighted by molar-refractivity contribution is 5.32. The van der Waals surface area contributed by atoms with Crippen molar-refractivity contribution in [1.82, 2.24) is 10.3 Å². The highest BCUT2D eigenvalue weighted by Crippen LogP contribution is 2.06. The molecule has 0 aliphatic rings. The van der Waals surface area contributed by atoms with Gasteiger partial charge >= 0.3 is 0 Å². The van der Waals surface area contributed by atoms with Crippen LogP contribution in [-0.2, 0) is 6.54 Å². The van der Waals surface area contributed by atoms with E-state index in [4.69, 9.17) is 0 Å². The molecule has 3 nitrogen and oxygen atoms in total. The number of aryl methyl sites for hydroxylation is 1. The fourth-order valence-corrected chi connectivity index (χ4v) is 2.09. The molecule has 0 saturated carbocycles. The van der Waals surface area contributed by atoms with Gasteiger partial charge in [0.15, 0.2) is 0 Å². The summed E-state index contributed by atoms with van der Waals surface area (Å²) in [7, 11) is 0. The van der Waals surface area contributed by atoms with Gasteiger partial charge < -0.3 is 10.6 Å². The van der Waals surface area contributed by atoms with Gasteiger partial charge in [-0.15, -0.1) is 0 Å². The lowest BCUT2D eigenvalue weighted by atomic mass is 10.1. The molecule has 0 aliphatic carbocycles. The molecule has 0 bridgehead atoms. The summed E-state index contributed by atoms with van der Waals surface area (Å²) in [6, 6.07) is 14.5. The van der Waals surface area contributed by atoms with Gasteiger partial charge in [-0.05, 0) is 49.6 Å². The van der Waals surface area contributed by atoms with Crippen LogP contribution in [-0.4, -0.2) is 18.1 Å². The Morgan fingerprint density at radius 3 is 2.55 bits per heavy atom. The third-order valence-electron chi connectivity index (χ3n) is 3.33. The smallest absolute Gasteiger partial charge is 0.125 e. The number of hydrogen-bond donors (Lipinski definition) is 2. The molecule has 1 heterocycles. The summed E-state index contributed by atoms with van der Waals surface area (Å²) in [5.41, 5.74) is 2.75. The third-order valence-corrected chi connectivity index (χ3v) is 3.33. The van der Waals surface area contributed by atoms with Crippen molar-refractivity contribution in [3.8, 4) is 0 Å². The number of rotatable bonds is 8. The second kappa shape index (κ2) is 8.33. The average molecular weight is 269 g/mol. The molecule has 106 valence electrons. The number of hydrogen-bond acceptors (Lipinski definition) is 3. The second-order valence-electron chi connectivity index (χ2n) is 4.95. The predicted octanol–water partition coefficient (Wildman–Crippen LogP) is 3.37. The largest absolute Gasteiger partial charge is 0.370 e. The number of aromatic nitrogens is 1. The second-order valence-corrected chi connectivity index (χ2v) is 4.95. The molecule has 20 heavy (non-hydrogen) atoms. The SMILES string of the molecule is Cc1ccccc1CNCCCCNc1ccccn1. The van der Waals surface area contributed by atoms with Gasteiger partial charge in [-0.2, -0.15) is 0 Å². The molecule has 0 saturated heterocycles. The first-order valence-corrected chi connectivity index (χ1v) is 7.26. The molecule has 2 N–H and O–H groups in total. The van der Waals surface area contributed by atoms with Gasteiger partial charge in [0.05, 0.1) is 0 Å². The minimum absolute atomic E-state index is 0.959. The van der Waals surface area contributed by atoms with Crippen molar-refractivity contribution in [2.75, 3.05) is 18.4 Å². The molecular weight excluding hydrogens is 246 g/mol. The normalized spacial score (nSPS) is 10.4. The Balaban J connectivity index is 1.53. The van der Waals surface area contributed by atoms with Gasteiger partial charge in [0.2, 0.25) is 0 Å². The molecule has 0 aliphatic heterocycles. The van der Waals surface area contributed by atoms with Crippen LogP contribution < -0.4 is 10.6 Å². The number of nitrogens with zero attached hydrogens (tertiary/aromatic N) is 1. The fraction of sp³-hybridized carbons (Fsp3) is 0.353. The third kappa shape index (κ3) is 5.02. The molecule has 3 heteroatoms. The number of pyridine rings is 1. The van der Waals surface area contributed by atoms with E-state index in [-0.39, 0.29) is 0 Å². The van der Waals surface area contributed by atoms with Crippen LogP contribution >= 0.6 is 0 Å². The number of nitrogens with one attached hydrogen (secondary N) is 2. The molecule has 0 radical (unpaired) electrons. The molecule has 0 fully saturated rings. The molecule has 0 amide bonds. The maximum atomic E-state index is 4.24. The summed E-state index contributed by atoms with van der Waals surface area (Å²) >= 11 is 0. The molecule has 0 atom stereocenters. The maximum absolute atomic E-state index is 4.24. The highest BCUT2D eigenvalue weighted by atomic mass is 15.0.